The van der Waals surface area contributed by atoms with Crippen molar-refractivity contribution in [3.05, 3.63) is 42.5 Å². The van der Waals surface area contributed by atoms with Gasteiger partial charge in [-0.1, -0.05) is 6.07 Å². The van der Waals surface area contributed by atoms with Crippen molar-refractivity contribution in [3.8, 4) is 0 Å². The van der Waals surface area contributed by atoms with Gasteiger partial charge in [-0.3, -0.25) is 9.78 Å². The molecule has 27 heavy (non-hydrogen) atoms. The van der Waals surface area contributed by atoms with Crippen molar-refractivity contribution in [2.24, 2.45) is 5.92 Å². The average Bonchev–Trinajstić information content (AvgIpc) is 3.28. The molecular weight excluding hydrogens is 340 g/mol. The fourth-order valence-corrected chi connectivity index (χ4v) is 3.79. The van der Waals surface area contributed by atoms with Crippen molar-refractivity contribution in [1.29, 1.82) is 0 Å². The molecule has 2 aromatic heterocycles. The Labute approximate surface area is 159 Å². The minimum Gasteiger partial charge on any atom is -0.369 e. The van der Waals surface area contributed by atoms with Crippen molar-refractivity contribution in [2.45, 2.75) is 32.2 Å². The van der Waals surface area contributed by atoms with Gasteiger partial charge in [-0.25, -0.2) is 9.97 Å². The Kier molecular flexibility index (Phi) is 5.46. The molecule has 0 saturated carbocycles. The molecule has 0 aromatic carbocycles. The summed E-state index contributed by atoms with van der Waals surface area (Å²) in [6.45, 7) is 4.37. The molecule has 0 bridgehead atoms. The highest BCUT2D eigenvalue weighted by Gasteiger charge is 2.25. The van der Waals surface area contributed by atoms with Crippen LogP contribution in [0.15, 0.2) is 36.9 Å². The molecule has 2 saturated heterocycles. The molecule has 2 aliphatic heterocycles. The standard InChI is InChI=1S/C20H26N6O/c27-19(22-13-16-4-3-7-21-12-16)17-5-10-25(11-6-17)18-14-23-20(24-15-18)26-8-1-2-9-26/h3-4,7,12,14-15,17H,1-2,5-6,8-11,13H2,(H,22,27). The van der Waals surface area contributed by atoms with Crippen LogP contribution in [0, 0.1) is 5.92 Å². The molecule has 0 unspecified atom stereocenters. The van der Waals surface area contributed by atoms with Gasteiger partial charge in [0, 0.05) is 51.0 Å². The van der Waals surface area contributed by atoms with E-state index in [1.54, 1.807) is 12.4 Å². The van der Waals surface area contributed by atoms with E-state index in [4.69, 9.17) is 0 Å². The van der Waals surface area contributed by atoms with Gasteiger partial charge >= 0.3 is 0 Å². The predicted molar refractivity (Wildman–Crippen MR) is 104 cm³/mol. The minimum absolute atomic E-state index is 0.0720. The quantitative estimate of drug-likeness (QED) is 0.873. The highest BCUT2D eigenvalue weighted by molar-refractivity contribution is 5.79. The normalized spacial score (nSPS) is 17.9. The van der Waals surface area contributed by atoms with Crippen molar-refractivity contribution in [1.82, 2.24) is 20.3 Å². The van der Waals surface area contributed by atoms with Gasteiger partial charge in [0.05, 0.1) is 18.1 Å². The van der Waals surface area contributed by atoms with Gasteiger partial charge in [0.25, 0.3) is 0 Å². The molecule has 0 spiro atoms. The Hall–Kier alpha value is -2.70. The van der Waals surface area contributed by atoms with E-state index in [2.05, 4.69) is 30.1 Å². The van der Waals surface area contributed by atoms with E-state index < -0.39 is 0 Å². The van der Waals surface area contributed by atoms with E-state index in [0.29, 0.717) is 6.54 Å². The van der Waals surface area contributed by atoms with Crippen molar-refractivity contribution in [3.63, 3.8) is 0 Å². The molecule has 4 heterocycles. The number of carbonyl (C=O) groups is 1. The second-order valence-electron chi connectivity index (χ2n) is 7.28. The van der Waals surface area contributed by atoms with E-state index in [1.807, 2.05) is 24.5 Å². The second-order valence-corrected chi connectivity index (χ2v) is 7.28. The number of hydrogen-bond donors (Lipinski definition) is 1. The SMILES string of the molecule is O=C(NCc1cccnc1)C1CCN(c2cnc(N3CCCC3)nc2)CC1. The van der Waals surface area contributed by atoms with Gasteiger partial charge in [0.2, 0.25) is 11.9 Å². The first-order valence-electron chi connectivity index (χ1n) is 9.78. The molecule has 1 N–H and O–H groups in total. The highest BCUT2D eigenvalue weighted by atomic mass is 16.1. The first kappa shape index (κ1) is 17.7. The maximum atomic E-state index is 12.4. The number of pyridine rings is 1. The summed E-state index contributed by atoms with van der Waals surface area (Å²) in [5.74, 6) is 1.04. The molecule has 0 atom stereocenters. The van der Waals surface area contributed by atoms with Crippen LogP contribution in [0.2, 0.25) is 0 Å². The average molecular weight is 366 g/mol. The lowest BCUT2D eigenvalue weighted by Gasteiger charge is -2.32. The molecule has 142 valence electrons. The topological polar surface area (TPSA) is 74.2 Å². The molecule has 2 aliphatic rings. The summed E-state index contributed by atoms with van der Waals surface area (Å²) >= 11 is 0. The summed E-state index contributed by atoms with van der Waals surface area (Å²) in [5.41, 5.74) is 2.07. The predicted octanol–water partition coefficient (Wildman–Crippen LogP) is 2.00. The third-order valence-electron chi connectivity index (χ3n) is 5.43. The van der Waals surface area contributed by atoms with Crippen molar-refractivity contribution < 1.29 is 4.79 Å². The largest absolute Gasteiger partial charge is 0.369 e. The van der Waals surface area contributed by atoms with Crippen molar-refractivity contribution >= 4 is 17.5 Å². The van der Waals surface area contributed by atoms with Crippen LogP contribution in [-0.4, -0.2) is 47.0 Å². The summed E-state index contributed by atoms with van der Waals surface area (Å²) in [6, 6.07) is 3.86. The van der Waals surface area contributed by atoms with E-state index in [-0.39, 0.29) is 11.8 Å². The fraction of sp³-hybridized carbons (Fsp3) is 0.500. The first-order valence-corrected chi connectivity index (χ1v) is 9.78. The smallest absolute Gasteiger partial charge is 0.225 e. The number of hydrogen-bond acceptors (Lipinski definition) is 6. The number of aromatic nitrogens is 3. The number of anilines is 2. The third kappa shape index (κ3) is 4.35. The number of piperidine rings is 1. The molecule has 2 aromatic rings. The van der Waals surface area contributed by atoms with Gasteiger partial charge in [-0.15, -0.1) is 0 Å². The van der Waals surface area contributed by atoms with Crippen LogP contribution in [0.4, 0.5) is 11.6 Å². The van der Waals surface area contributed by atoms with E-state index in [1.165, 1.54) is 12.8 Å². The maximum Gasteiger partial charge on any atom is 0.225 e. The van der Waals surface area contributed by atoms with Crippen LogP contribution in [0.5, 0.6) is 0 Å². The molecule has 2 fully saturated rings. The number of rotatable bonds is 5. The Morgan fingerprint density at radius 2 is 1.78 bits per heavy atom. The van der Waals surface area contributed by atoms with Crippen LogP contribution in [0.3, 0.4) is 0 Å². The zero-order valence-corrected chi connectivity index (χ0v) is 15.5. The van der Waals surface area contributed by atoms with E-state index in [0.717, 1.165) is 56.2 Å². The Morgan fingerprint density at radius 1 is 1.04 bits per heavy atom. The number of carbonyl (C=O) groups excluding carboxylic acids is 1. The van der Waals surface area contributed by atoms with Crippen LogP contribution >= 0.6 is 0 Å². The van der Waals surface area contributed by atoms with Crippen LogP contribution in [-0.2, 0) is 11.3 Å². The summed E-state index contributed by atoms with van der Waals surface area (Å²) in [5, 5.41) is 3.03. The summed E-state index contributed by atoms with van der Waals surface area (Å²) in [6.07, 6.45) is 11.5. The van der Waals surface area contributed by atoms with Gasteiger partial charge in [-0.05, 0) is 37.3 Å². The monoisotopic (exact) mass is 366 g/mol. The minimum atomic E-state index is 0.0720. The van der Waals surface area contributed by atoms with E-state index in [9.17, 15) is 4.79 Å². The molecule has 0 aliphatic carbocycles. The lowest BCUT2D eigenvalue weighted by molar-refractivity contribution is -0.125. The molecule has 0 radical (unpaired) electrons. The number of nitrogens with one attached hydrogen (secondary N) is 1. The number of amides is 1. The summed E-state index contributed by atoms with van der Waals surface area (Å²) in [4.78, 5) is 30.1. The highest BCUT2D eigenvalue weighted by Crippen LogP contribution is 2.24. The van der Waals surface area contributed by atoms with Crippen LogP contribution in [0.25, 0.3) is 0 Å². The van der Waals surface area contributed by atoms with Crippen molar-refractivity contribution in [2.75, 3.05) is 36.0 Å². The lowest BCUT2D eigenvalue weighted by atomic mass is 9.95. The second kappa shape index (κ2) is 8.33. The lowest BCUT2D eigenvalue weighted by Crippen LogP contribution is -2.40. The first-order chi connectivity index (χ1) is 13.3. The maximum absolute atomic E-state index is 12.4. The molecule has 1 amide bonds. The fourth-order valence-electron chi connectivity index (χ4n) is 3.79. The molecule has 4 rings (SSSR count). The van der Waals surface area contributed by atoms with Gasteiger partial charge in [0.15, 0.2) is 0 Å². The van der Waals surface area contributed by atoms with E-state index >= 15 is 0 Å². The zero-order chi connectivity index (χ0) is 18.5. The van der Waals surface area contributed by atoms with Gasteiger partial charge < -0.3 is 15.1 Å². The van der Waals surface area contributed by atoms with Gasteiger partial charge in [-0.2, -0.15) is 0 Å². The van der Waals surface area contributed by atoms with Crippen LogP contribution < -0.4 is 15.1 Å². The summed E-state index contributed by atoms with van der Waals surface area (Å²) < 4.78 is 0. The van der Waals surface area contributed by atoms with Crippen LogP contribution in [0.1, 0.15) is 31.2 Å². The third-order valence-corrected chi connectivity index (χ3v) is 5.43. The number of nitrogens with zero attached hydrogens (tertiary/aromatic N) is 5. The molecule has 7 nitrogen and oxygen atoms in total. The Balaban J connectivity index is 1.26. The molecule has 7 heteroatoms. The Morgan fingerprint density at radius 3 is 2.44 bits per heavy atom. The summed E-state index contributed by atoms with van der Waals surface area (Å²) in [7, 11) is 0. The molecular formula is C20H26N6O. The van der Waals surface area contributed by atoms with Gasteiger partial charge in [0.1, 0.15) is 0 Å². The zero-order valence-electron chi connectivity index (χ0n) is 15.5. The Bertz CT molecular complexity index is 737.